The molecule has 0 saturated carbocycles. The van der Waals surface area contributed by atoms with E-state index in [1.807, 2.05) is 72.8 Å². The number of anilines is 1. The second-order valence-electron chi connectivity index (χ2n) is 24.1. The van der Waals surface area contributed by atoms with E-state index in [0.717, 1.165) is 57.2 Å². The van der Waals surface area contributed by atoms with Gasteiger partial charge in [0.2, 0.25) is 23.6 Å². The number of ketones is 4. The topological polar surface area (TPSA) is 325 Å². The van der Waals surface area contributed by atoms with Crippen LogP contribution in [0.1, 0.15) is 196 Å². The summed E-state index contributed by atoms with van der Waals surface area (Å²) in [5.41, 5.74) is 4.46. The van der Waals surface area contributed by atoms with E-state index in [9.17, 15) is 63.0 Å². The number of para-hydroxylation sites is 1. The molecule has 3 atom stereocenters. The van der Waals surface area contributed by atoms with Gasteiger partial charge in [0.1, 0.15) is 29.2 Å². The molecule has 23 heteroatoms. The molecule has 3 aromatic rings. The van der Waals surface area contributed by atoms with Gasteiger partial charge in [-0.05, 0) is 141 Å². The lowest BCUT2D eigenvalue weighted by molar-refractivity contribution is -0.145. The third-order valence-electron chi connectivity index (χ3n) is 16.3. The molecule has 1 unspecified atom stereocenters. The van der Waals surface area contributed by atoms with Gasteiger partial charge in [0, 0.05) is 117 Å². The zero-order chi connectivity index (χ0) is 69.6. The Bertz CT molecular complexity index is 3000. The summed E-state index contributed by atoms with van der Waals surface area (Å²) in [6, 6.07) is 22.1. The first-order chi connectivity index (χ1) is 46.4. The summed E-state index contributed by atoms with van der Waals surface area (Å²) in [6.07, 6.45) is 9.62. The highest BCUT2D eigenvalue weighted by molar-refractivity contribution is 14.1. The van der Waals surface area contributed by atoms with Crippen molar-refractivity contribution in [3.8, 4) is 11.8 Å². The fourth-order valence-electron chi connectivity index (χ4n) is 10.7. The van der Waals surface area contributed by atoms with Crippen molar-refractivity contribution >= 4 is 92.9 Å². The number of nitrogens with one attached hydrogen (secondary N) is 3. The predicted octanol–water partition coefficient (Wildman–Crippen LogP) is 9.86. The van der Waals surface area contributed by atoms with E-state index in [1.165, 1.54) is 0 Å². The monoisotopic (exact) mass is 1450 g/mol. The minimum Gasteiger partial charge on any atom is -0.481 e. The van der Waals surface area contributed by atoms with Crippen molar-refractivity contribution in [3.05, 3.63) is 98.6 Å². The van der Waals surface area contributed by atoms with Gasteiger partial charge in [-0.25, -0.2) is 4.79 Å². The first-order valence-corrected chi connectivity index (χ1v) is 35.1. The van der Waals surface area contributed by atoms with Crippen LogP contribution in [0.3, 0.4) is 0 Å². The lowest BCUT2D eigenvalue weighted by Crippen LogP contribution is -2.44. The average Bonchev–Trinajstić information content (AvgIpc) is 0.811. The first-order valence-electron chi connectivity index (χ1n) is 34.0. The number of carboxylic acid groups (broad SMARTS) is 3. The van der Waals surface area contributed by atoms with Crippen LogP contribution in [-0.4, -0.2) is 152 Å². The number of halogens is 1. The molecule has 6 N–H and O–H groups in total. The molecule has 0 bridgehead atoms. The number of carbonyl (C=O) groups excluding carboxylic acids is 8. The van der Waals surface area contributed by atoms with Crippen LogP contribution in [0.5, 0.6) is 0 Å². The number of carbonyl (C=O) groups is 11. The molecule has 0 fully saturated rings. The molecule has 4 rings (SSSR count). The van der Waals surface area contributed by atoms with E-state index in [4.69, 9.17) is 24.1 Å². The number of unbranched alkanes of at least 4 members (excludes halogenated alkanes) is 7. The Morgan fingerprint density at radius 3 is 1.64 bits per heavy atom. The van der Waals surface area contributed by atoms with Gasteiger partial charge in [-0.3, -0.25) is 47.9 Å². The maximum Gasteiger partial charge on any atom is 0.326 e. The number of rotatable bonds is 56. The molecular weight excluding hydrogens is 1350 g/mol. The molecule has 1 aliphatic heterocycles. The van der Waals surface area contributed by atoms with E-state index >= 15 is 0 Å². The van der Waals surface area contributed by atoms with Gasteiger partial charge in [-0.1, -0.05) is 80.0 Å². The SMILES string of the molecule is O=C(O)CC[C@H](CC(=O)CCCCCCCC(=O)CCCCCNC(=O)CCC(CC(=O)CCOCCOCCOCCOCCCC(=O)CCC(=O)N1Cc2ccccc2C#Cc2ccccc21)C(=O)N[C@@H](CCCCNC(=O)CCCc1ccc(I)cc1)C(=O)O)C(=O)O. The van der Waals surface area contributed by atoms with Gasteiger partial charge in [-0.2, -0.15) is 0 Å². The van der Waals surface area contributed by atoms with Crippen LogP contribution in [0.25, 0.3) is 0 Å². The van der Waals surface area contributed by atoms with Crippen LogP contribution in [0.15, 0.2) is 72.8 Å². The maximum atomic E-state index is 13.7. The van der Waals surface area contributed by atoms with Gasteiger partial charge in [0.15, 0.2) is 0 Å². The number of aryl methyl sites for hydroxylation is 1. The Kier molecular flexibility index (Phi) is 41.7. The minimum absolute atomic E-state index is 0.0116. The molecule has 0 saturated heterocycles. The van der Waals surface area contributed by atoms with E-state index in [-0.39, 0.29) is 138 Å². The van der Waals surface area contributed by atoms with Crippen molar-refractivity contribution in [2.75, 3.05) is 70.8 Å². The smallest absolute Gasteiger partial charge is 0.326 e. The number of benzene rings is 3. The van der Waals surface area contributed by atoms with Crippen LogP contribution in [0.4, 0.5) is 5.69 Å². The molecule has 0 aromatic heterocycles. The first kappa shape index (κ1) is 81.2. The number of hydrogen-bond acceptors (Lipinski definition) is 15. The van der Waals surface area contributed by atoms with Crippen LogP contribution in [0.2, 0.25) is 0 Å². The Morgan fingerprint density at radius 1 is 0.458 bits per heavy atom. The molecular formula is C73H99IN4O18. The molecule has 96 heavy (non-hydrogen) atoms. The third kappa shape index (κ3) is 36.8. The van der Waals surface area contributed by atoms with E-state index < -0.39 is 41.7 Å². The van der Waals surface area contributed by atoms with Gasteiger partial charge in [0.25, 0.3) is 0 Å². The molecule has 0 radical (unpaired) electrons. The van der Waals surface area contributed by atoms with E-state index in [2.05, 4.69) is 50.4 Å². The number of nitrogens with zero attached hydrogens (tertiary/aromatic N) is 1. The van der Waals surface area contributed by atoms with Crippen LogP contribution < -0.4 is 20.9 Å². The quantitative estimate of drug-likeness (QED) is 0.0174. The fraction of sp³-hybridized carbons (Fsp3) is 0.575. The van der Waals surface area contributed by atoms with Crippen LogP contribution >= 0.6 is 22.6 Å². The fourth-order valence-corrected chi connectivity index (χ4v) is 11.1. The average molecular weight is 1450 g/mol. The van der Waals surface area contributed by atoms with Gasteiger partial charge in [0.05, 0.1) is 64.4 Å². The lowest BCUT2D eigenvalue weighted by atomic mass is 9.94. The Morgan fingerprint density at radius 2 is 0.979 bits per heavy atom. The molecule has 3 aromatic carbocycles. The predicted molar refractivity (Wildman–Crippen MR) is 369 cm³/mol. The maximum absolute atomic E-state index is 13.7. The van der Waals surface area contributed by atoms with E-state index in [0.29, 0.717) is 130 Å². The van der Waals surface area contributed by atoms with Gasteiger partial charge in [-0.15, -0.1) is 0 Å². The largest absolute Gasteiger partial charge is 0.481 e. The lowest BCUT2D eigenvalue weighted by Gasteiger charge is -2.26. The molecule has 22 nitrogen and oxygen atoms in total. The molecule has 0 aliphatic carbocycles. The Labute approximate surface area is 578 Å². The Balaban J connectivity index is 1.07. The molecule has 526 valence electrons. The molecule has 4 amide bonds. The van der Waals surface area contributed by atoms with Crippen molar-refractivity contribution in [1.29, 1.82) is 0 Å². The van der Waals surface area contributed by atoms with Crippen molar-refractivity contribution in [1.82, 2.24) is 16.0 Å². The minimum atomic E-state index is -1.26. The number of Topliss-reactive ketones (excluding diaryl/α,β-unsaturated/α-hetero) is 4. The second-order valence-corrected chi connectivity index (χ2v) is 25.4. The highest BCUT2D eigenvalue weighted by atomic mass is 127. The van der Waals surface area contributed by atoms with Crippen molar-refractivity contribution in [2.24, 2.45) is 11.8 Å². The summed E-state index contributed by atoms with van der Waals surface area (Å²) < 4.78 is 23.6. The third-order valence-corrected chi connectivity index (χ3v) is 17.0. The number of fused-ring (bicyclic) bond motifs is 2. The standard InChI is InChI=1S/C73H99IN4O18/c74-60-34-28-54(29-35-60)17-15-27-67(83)75-42-14-12-25-65(73(91)92)77-71(88)57(32-37-68(84)76-41-13-4-7-22-61(79)21-5-2-1-3-6-23-63(81)52-58(72(89)90)33-39-70(86)87)51-64(82)40-44-94-46-48-96-50-49-95-47-45-93-43-16-24-62(80)36-38-69(85)78-53-59-20-9-8-18-55(59)30-31-56-19-10-11-26-66(56)78/h8-11,18-20,26,28-29,34-35,57-58,65H,1-7,12-17,21-25,27,32-33,36-53H2,(H,75,83)(H,76,84)(H,77,88)(H,86,87)(H,89,90)(H,91,92)/t57?,58-,65+/m1/s1. The summed E-state index contributed by atoms with van der Waals surface area (Å²) in [5.74, 6) is -0.733. The van der Waals surface area contributed by atoms with Crippen LogP contribution in [-0.2, 0) is 84.7 Å². The van der Waals surface area contributed by atoms with Crippen molar-refractivity contribution in [2.45, 2.75) is 192 Å². The summed E-state index contributed by atoms with van der Waals surface area (Å²) >= 11 is 2.24. The molecule has 0 spiro atoms. The summed E-state index contributed by atoms with van der Waals surface area (Å²) in [7, 11) is 0. The second kappa shape index (κ2) is 49.3. The van der Waals surface area contributed by atoms with E-state index in [1.54, 1.807) is 4.90 Å². The summed E-state index contributed by atoms with van der Waals surface area (Å²) in [6.45, 7) is 3.14. The van der Waals surface area contributed by atoms with Crippen molar-refractivity contribution < 1.29 is 87.0 Å². The molecule has 1 aliphatic rings. The number of aliphatic carboxylic acids is 3. The number of carboxylic acids is 3. The number of ether oxygens (including phenoxy) is 4. The number of amides is 4. The molecule has 1 heterocycles. The van der Waals surface area contributed by atoms with Gasteiger partial charge >= 0.3 is 17.9 Å². The zero-order valence-electron chi connectivity index (χ0n) is 55.5. The summed E-state index contributed by atoms with van der Waals surface area (Å²) in [4.78, 5) is 140. The van der Waals surface area contributed by atoms with Crippen LogP contribution in [0, 0.1) is 27.2 Å². The summed E-state index contributed by atoms with van der Waals surface area (Å²) in [5, 5.41) is 36.5. The highest BCUT2D eigenvalue weighted by Crippen LogP contribution is 2.27. The zero-order valence-corrected chi connectivity index (χ0v) is 57.7. The highest BCUT2D eigenvalue weighted by Gasteiger charge is 2.28. The Hall–Kier alpha value is -7.24. The van der Waals surface area contributed by atoms with Gasteiger partial charge < -0.3 is 55.1 Å². The normalized spacial score (nSPS) is 12.5. The number of hydrogen-bond donors (Lipinski definition) is 6. The van der Waals surface area contributed by atoms with Crippen molar-refractivity contribution in [3.63, 3.8) is 0 Å².